The third-order valence-corrected chi connectivity index (χ3v) is 6.11. The molecule has 20 heavy (non-hydrogen) atoms. The molecule has 3 nitrogen and oxygen atoms in total. The lowest BCUT2D eigenvalue weighted by molar-refractivity contribution is 0.418. The second-order valence-electron chi connectivity index (χ2n) is 4.70. The lowest BCUT2D eigenvalue weighted by Crippen LogP contribution is -2.42. The molecule has 0 spiro atoms. The summed E-state index contributed by atoms with van der Waals surface area (Å²) in [5.41, 5.74) is 0. The molecule has 2 rings (SSSR count). The van der Waals surface area contributed by atoms with Gasteiger partial charge in [0.05, 0.1) is 10.0 Å². The summed E-state index contributed by atoms with van der Waals surface area (Å²) < 4.78 is 40.6. The first kappa shape index (κ1) is 16.3. The molecule has 1 aromatic carbocycles. The van der Waals surface area contributed by atoms with Crippen molar-refractivity contribution < 1.29 is 12.8 Å². The molecule has 1 aliphatic rings. The van der Waals surface area contributed by atoms with E-state index in [0.717, 1.165) is 25.3 Å². The van der Waals surface area contributed by atoms with Crippen molar-refractivity contribution in [1.29, 1.82) is 0 Å². The Balaban J connectivity index is 2.29. The molecule has 1 aromatic rings. The van der Waals surface area contributed by atoms with E-state index in [2.05, 4.69) is 4.72 Å². The third kappa shape index (κ3) is 3.39. The Hall–Kier alpha value is -0.0700. The number of hydrogen-bond acceptors (Lipinski definition) is 2. The summed E-state index contributed by atoms with van der Waals surface area (Å²) in [6.45, 7) is 0. The first-order valence-electron chi connectivity index (χ1n) is 6.13. The smallest absolute Gasteiger partial charge is 0.207 e. The lowest BCUT2D eigenvalue weighted by Gasteiger charge is -2.27. The number of nitrogens with one attached hydrogen (secondary N) is 1. The largest absolute Gasteiger partial charge is 0.242 e. The molecule has 1 aliphatic carbocycles. The summed E-state index contributed by atoms with van der Waals surface area (Å²) in [6, 6.07) is 1.98. The van der Waals surface area contributed by atoms with Crippen LogP contribution in [0.3, 0.4) is 0 Å². The molecular weight excluding hydrogens is 348 g/mol. The normalized spacial score (nSPS) is 23.8. The van der Waals surface area contributed by atoms with Gasteiger partial charge in [-0.25, -0.2) is 17.5 Å². The van der Waals surface area contributed by atoms with Gasteiger partial charge in [-0.3, -0.25) is 0 Å². The number of sulfonamides is 1. The minimum absolute atomic E-state index is 0.221. The van der Waals surface area contributed by atoms with Gasteiger partial charge in [-0.05, 0) is 25.0 Å². The molecule has 0 aromatic heterocycles. The number of hydrogen-bond donors (Lipinski definition) is 1. The van der Waals surface area contributed by atoms with Gasteiger partial charge in [-0.1, -0.05) is 36.0 Å². The van der Waals surface area contributed by atoms with Crippen LogP contribution in [0.1, 0.15) is 25.7 Å². The van der Waals surface area contributed by atoms with E-state index in [-0.39, 0.29) is 21.3 Å². The van der Waals surface area contributed by atoms with Crippen LogP contribution in [-0.4, -0.2) is 19.8 Å². The second-order valence-corrected chi connectivity index (χ2v) is 7.73. The van der Waals surface area contributed by atoms with Gasteiger partial charge < -0.3 is 0 Å². The van der Waals surface area contributed by atoms with E-state index in [1.807, 2.05) is 0 Å². The molecule has 0 amide bonds. The Morgan fingerprint density at radius 1 is 1.20 bits per heavy atom. The molecule has 112 valence electrons. The van der Waals surface area contributed by atoms with E-state index in [0.29, 0.717) is 6.42 Å². The van der Waals surface area contributed by atoms with Crippen LogP contribution in [0, 0.1) is 5.82 Å². The minimum atomic E-state index is -3.93. The van der Waals surface area contributed by atoms with Crippen molar-refractivity contribution in [2.45, 2.75) is 42.0 Å². The average molecular weight is 361 g/mol. The van der Waals surface area contributed by atoms with E-state index >= 15 is 0 Å². The van der Waals surface area contributed by atoms with Crippen LogP contribution in [-0.2, 0) is 10.0 Å². The molecule has 0 radical (unpaired) electrons. The van der Waals surface area contributed by atoms with Crippen molar-refractivity contribution in [1.82, 2.24) is 4.72 Å². The third-order valence-electron chi connectivity index (χ3n) is 3.28. The van der Waals surface area contributed by atoms with Gasteiger partial charge in [0, 0.05) is 11.4 Å². The predicted molar refractivity (Wildman–Crippen MR) is 78.6 cm³/mol. The maximum Gasteiger partial charge on any atom is 0.242 e. The number of rotatable bonds is 3. The maximum atomic E-state index is 13.6. The Kier molecular flexibility index (Phi) is 5.19. The molecule has 0 aliphatic heterocycles. The van der Waals surface area contributed by atoms with Crippen molar-refractivity contribution in [3.05, 3.63) is 28.0 Å². The van der Waals surface area contributed by atoms with E-state index in [1.54, 1.807) is 0 Å². The summed E-state index contributed by atoms with van der Waals surface area (Å²) in [5, 5.41) is -0.997. The molecule has 2 unspecified atom stereocenters. The number of benzene rings is 1. The molecule has 1 saturated carbocycles. The zero-order valence-electron chi connectivity index (χ0n) is 10.4. The SMILES string of the molecule is O=S(=O)(NC1CCCCC1Cl)c1ccc(Cl)c(F)c1Cl. The average Bonchev–Trinajstić information content (AvgIpc) is 2.38. The zero-order valence-corrected chi connectivity index (χ0v) is 13.5. The molecule has 0 bridgehead atoms. The van der Waals surface area contributed by atoms with Gasteiger partial charge in [0.15, 0.2) is 5.82 Å². The molecule has 8 heteroatoms. The summed E-state index contributed by atoms with van der Waals surface area (Å²) in [6.07, 6.45) is 3.28. The highest BCUT2D eigenvalue weighted by molar-refractivity contribution is 7.89. The number of halogens is 4. The topological polar surface area (TPSA) is 46.2 Å². The Morgan fingerprint density at radius 2 is 1.85 bits per heavy atom. The second kappa shape index (κ2) is 6.36. The lowest BCUT2D eigenvalue weighted by atomic mass is 9.96. The van der Waals surface area contributed by atoms with E-state index in [4.69, 9.17) is 34.8 Å². The summed E-state index contributed by atoms with van der Waals surface area (Å²) in [7, 11) is -3.93. The van der Waals surface area contributed by atoms with E-state index in [9.17, 15) is 12.8 Å². The van der Waals surface area contributed by atoms with Crippen LogP contribution < -0.4 is 4.72 Å². The van der Waals surface area contributed by atoms with Crippen LogP contribution >= 0.6 is 34.8 Å². The fourth-order valence-corrected chi connectivity index (χ4v) is 4.67. The van der Waals surface area contributed by atoms with Crippen molar-refractivity contribution in [3.8, 4) is 0 Å². The Labute approximate surface area is 132 Å². The zero-order chi connectivity index (χ0) is 14.9. The van der Waals surface area contributed by atoms with Crippen molar-refractivity contribution in [3.63, 3.8) is 0 Å². The predicted octanol–water partition coefficient (Wildman–Crippen LogP) is 3.96. The van der Waals surface area contributed by atoms with Gasteiger partial charge in [0.25, 0.3) is 0 Å². The molecule has 2 atom stereocenters. The van der Waals surface area contributed by atoms with E-state index in [1.165, 1.54) is 6.07 Å². The Morgan fingerprint density at radius 3 is 2.50 bits per heavy atom. The standard InChI is InChI=1S/C12H13Cl3FNO2S/c13-7-3-1-2-4-9(7)17-20(18,19)10-6-5-8(14)12(16)11(10)15/h5-7,9,17H,1-4H2. The van der Waals surface area contributed by atoms with Crippen LogP contribution in [0.15, 0.2) is 17.0 Å². The van der Waals surface area contributed by atoms with Crippen LogP contribution in [0.4, 0.5) is 4.39 Å². The first-order valence-corrected chi connectivity index (χ1v) is 8.80. The minimum Gasteiger partial charge on any atom is -0.207 e. The molecule has 1 N–H and O–H groups in total. The summed E-state index contributed by atoms with van der Waals surface area (Å²) in [5.74, 6) is -0.942. The number of alkyl halides is 1. The van der Waals surface area contributed by atoms with Crippen LogP contribution in [0.25, 0.3) is 0 Å². The van der Waals surface area contributed by atoms with Crippen molar-refractivity contribution >= 4 is 44.8 Å². The highest BCUT2D eigenvalue weighted by Crippen LogP contribution is 2.31. The Bertz CT molecular complexity index is 609. The fourth-order valence-electron chi connectivity index (χ4n) is 2.20. The van der Waals surface area contributed by atoms with Crippen LogP contribution in [0.5, 0.6) is 0 Å². The molecule has 1 fully saturated rings. The molecular formula is C12H13Cl3FNO2S. The monoisotopic (exact) mass is 359 g/mol. The summed E-state index contributed by atoms with van der Waals surface area (Å²) >= 11 is 17.4. The highest BCUT2D eigenvalue weighted by atomic mass is 35.5. The van der Waals surface area contributed by atoms with Crippen molar-refractivity contribution in [2.75, 3.05) is 0 Å². The van der Waals surface area contributed by atoms with Crippen LogP contribution in [0.2, 0.25) is 10.0 Å². The molecule has 0 saturated heterocycles. The first-order chi connectivity index (χ1) is 9.33. The quantitative estimate of drug-likeness (QED) is 0.655. The van der Waals surface area contributed by atoms with E-state index < -0.39 is 20.9 Å². The summed E-state index contributed by atoms with van der Waals surface area (Å²) in [4.78, 5) is -0.324. The maximum absolute atomic E-state index is 13.6. The molecule has 0 heterocycles. The van der Waals surface area contributed by atoms with Gasteiger partial charge in [-0.15, -0.1) is 11.6 Å². The van der Waals surface area contributed by atoms with Gasteiger partial charge in [-0.2, -0.15) is 0 Å². The highest BCUT2D eigenvalue weighted by Gasteiger charge is 2.30. The fraction of sp³-hybridized carbons (Fsp3) is 0.500. The van der Waals surface area contributed by atoms with Gasteiger partial charge in [0.1, 0.15) is 4.90 Å². The van der Waals surface area contributed by atoms with Crippen molar-refractivity contribution in [2.24, 2.45) is 0 Å². The van der Waals surface area contributed by atoms with Gasteiger partial charge >= 0.3 is 0 Å². The van der Waals surface area contributed by atoms with Gasteiger partial charge in [0.2, 0.25) is 10.0 Å².